The quantitative estimate of drug-likeness (QED) is 0.576. The third-order valence-corrected chi connectivity index (χ3v) is 1.78. The molecular weight excluding hydrogens is 150 g/mol. The van der Waals surface area contributed by atoms with Gasteiger partial charge in [0.05, 0.1) is 0 Å². The Bertz CT molecular complexity index is 240. The van der Waals surface area contributed by atoms with E-state index >= 15 is 0 Å². The Morgan fingerprint density at radius 3 is 2.50 bits per heavy atom. The maximum Gasteiger partial charge on any atom is 0.280 e. The van der Waals surface area contributed by atoms with Crippen LogP contribution >= 0.6 is 23.1 Å². The SMILES string of the molecule is O=c1[nH]sc(O)c1Cl. The summed E-state index contributed by atoms with van der Waals surface area (Å²) in [5, 5.41) is 8.31. The van der Waals surface area contributed by atoms with Crippen molar-refractivity contribution in [2.45, 2.75) is 0 Å². The fraction of sp³-hybridized carbons (Fsp3) is 0. The molecule has 0 bridgehead atoms. The fourth-order valence-corrected chi connectivity index (χ4v) is 0.974. The van der Waals surface area contributed by atoms with E-state index in [0.717, 1.165) is 11.5 Å². The predicted octanol–water partition coefficient (Wildman–Crippen LogP) is 0.795. The first-order chi connectivity index (χ1) is 3.72. The van der Waals surface area contributed by atoms with Gasteiger partial charge in [-0.05, 0) is 11.5 Å². The normalized spacial score (nSPS) is 9.62. The first-order valence-electron chi connectivity index (χ1n) is 1.77. The lowest BCUT2D eigenvalue weighted by molar-refractivity contribution is 0.491. The van der Waals surface area contributed by atoms with Crippen molar-refractivity contribution < 1.29 is 5.11 Å². The molecule has 0 spiro atoms. The van der Waals surface area contributed by atoms with Crippen LogP contribution in [0.25, 0.3) is 0 Å². The van der Waals surface area contributed by atoms with Gasteiger partial charge in [-0.1, -0.05) is 11.6 Å². The van der Waals surface area contributed by atoms with Gasteiger partial charge >= 0.3 is 0 Å². The average molecular weight is 152 g/mol. The van der Waals surface area contributed by atoms with Crippen LogP contribution in [0, 0.1) is 0 Å². The van der Waals surface area contributed by atoms with E-state index in [9.17, 15) is 4.79 Å². The van der Waals surface area contributed by atoms with Gasteiger partial charge in [-0.15, -0.1) is 0 Å². The van der Waals surface area contributed by atoms with Crippen molar-refractivity contribution in [1.82, 2.24) is 4.37 Å². The number of aromatic hydroxyl groups is 1. The van der Waals surface area contributed by atoms with E-state index in [4.69, 9.17) is 16.7 Å². The van der Waals surface area contributed by atoms with Crippen molar-refractivity contribution in [2.75, 3.05) is 0 Å². The van der Waals surface area contributed by atoms with Crippen LogP contribution in [0.3, 0.4) is 0 Å². The standard InChI is InChI=1S/C3H2ClNO2S/c4-1-2(6)5-8-3(1)7/h7H,(H,5,6). The lowest BCUT2D eigenvalue weighted by atomic mass is 10.7. The molecule has 3 nitrogen and oxygen atoms in total. The molecule has 0 amide bonds. The van der Waals surface area contributed by atoms with E-state index in [1.807, 2.05) is 0 Å². The Morgan fingerprint density at radius 1 is 1.75 bits per heavy atom. The van der Waals surface area contributed by atoms with Crippen molar-refractivity contribution in [3.63, 3.8) is 0 Å². The Morgan fingerprint density at radius 2 is 2.38 bits per heavy atom. The summed E-state index contributed by atoms with van der Waals surface area (Å²) >= 11 is 6.03. The Labute approximate surface area is 53.7 Å². The van der Waals surface area contributed by atoms with Crippen LogP contribution in [0.5, 0.6) is 5.06 Å². The molecule has 0 saturated heterocycles. The second-order valence-electron chi connectivity index (χ2n) is 1.15. The zero-order valence-corrected chi connectivity index (χ0v) is 5.21. The highest BCUT2D eigenvalue weighted by atomic mass is 35.5. The summed E-state index contributed by atoms with van der Waals surface area (Å²) in [6, 6.07) is 0. The maximum atomic E-state index is 10.3. The average Bonchev–Trinajstić information content (AvgIpc) is 1.98. The Kier molecular flexibility index (Phi) is 1.27. The number of hydrogen-bond donors (Lipinski definition) is 2. The van der Waals surface area contributed by atoms with Gasteiger partial charge in [-0.3, -0.25) is 9.17 Å². The Balaban J connectivity index is 3.41. The minimum absolute atomic E-state index is 0.130. The van der Waals surface area contributed by atoms with Crippen LogP contribution in [0.15, 0.2) is 4.79 Å². The van der Waals surface area contributed by atoms with Gasteiger partial charge < -0.3 is 5.11 Å². The molecule has 0 aliphatic carbocycles. The summed E-state index contributed by atoms with van der Waals surface area (Å²) in [5.74, 6) is 0. The zero-order valence-electron chi connectivity index (χ0n) is 3.64. The number of aromatic nitrogens is 1. The maximum absolute atomic E-state index is 10.3. The van der Waals surface area contributed by atoms with E-state index < -0.39 is 5.56 Å². The topological polar surface area (TPSA) is 53.1 Å². The highest BCUT2D eigenvalue weighted by Gasteiger charge is 2.02. The molecule has 1 aromatic rings. The lowest BCUT2D eigenvalue weighted by Crippen LogP contribution is -1.95. The summed E-state index contributed by atoms with van der Waals surface area (Å²) in [5.41, 5.74) is -0.436. The van der Waals surface area contributed by atoms with Crippen LogP contribution in [-0.4, -0.2) is 9.48 Å². The number of halogens is 1. The monoisotopic (exact) mass is 151 g/mol. The van der Waals surface area contributed by atoms with E-state index in [-0.39, 0.29) is 10.1 Å². The molecule has 0 radical (unpaired) electrons. The molecule has 44 valence electrons. The lowest BCUT2D eigenvalue weighted by Gasteiger charge is -1.73. The largest absolute Gasteiger partial charge is 0.497 e. The number of H-pyrrole nitrogens is 1. The Hall–Kier alpha value is -0.480. The van der Waals surface area contributed by atoms with Gasteiger partial charge in [0.25, 0.3) is 5.56 Å². The molecule has 1 heterocycles. The van der Waals surface area contributed by atoms with Gasteiger partial charge in [-0.2, -0.15) is 0 Å². The first kappa shape index (κ1) is 5.65. The molecule has 8 heavy (non-hydrogen) atoms. The van der Waals surface area contributed by atoms with Crippen LogP contribution in [0.2, 0.25) is 5.02 Å². The van der Waals surface area contributed by atoms with Crippen molar-refractivity contribution in [1.29, 1.82) is 0 Å². The van der Waals surface area contributed by atoms with Gasteiger partial charge in [0.15, 0.2) is 5.02 Å². The molecule has 1 rings (SSSR count). The third kappa shape index (κ3) is 0.719. The predicted molar refractivity (Wildman–Crippen MR) is 31.6 cm³/mol. The van der Waals surface area contributed by atoms with E-state index in [2.05, 4.69) is 4.37 Å². The van der Waals surface area contributed by atoms with Gasteiger partial charge in [0, 0.05) is 0 Å². The van der Waals surface area contributed by atoms with Crippen LogP contribution in [-0.2, 0) is 0 Å². The molecule has 5 heteroatoms. The van der Waals surface area contributed by atoms with Gasteiger partial charge in [0.1, 0.15) is 0 Å². The third-order valence-electron chi connectivity index (χ3n) is 0.628. The van der Waals surface area contributed by atoms with Crippen molar-refractivity contribution in [2.24, 2.45) is 0 Å². The minimum atomic E-state index is -0.436. The summed E-state index contributed by atoms with van der Waals surface area (Å²) in [6.07, 6.45) is 0. The van der Waals surface area contributed by atoms with Crippen LogP contribution in [0.4, 0.5) is 0 Å². The molecule has 0 fully saturated rings. The molecule has 2 N–H and O–H groups in total. The molecular formula is C3H2ClNO2S. The molecule has 0 aliphatic rings. The zero-order chi connectivity index (χ0) is 6.15. The first-order valence-corrected chi connectivity index (χ1v) is 2.97. The molecule has 0 atom stereocenters. The van der Waals surface area contributed by atoms with Crippen LogP contribution in [0.1, 0.15) is 0 Å². The molecule has 0 saturated carbocycles. The second-order valence-corrected chi connectivity index (χ2v) is 2.33. The molecule has 0 aliphatic heterocycles. The number of nitrogens with one attached hydrogen (secondary N) is 1. The molecule has 0 aromatic carbocycles. The van der Waals surface area contributed by atoms with Crippen molar-refractivity contribution in [3.05, 3.63) is 15.4 Å². The summed E-state index contributed by atoms with van der Waals surface area (Å²) in [6.45, 7) is 0. The van der Waals surface area contributed by atoms with E-state index in [1.54, 1.807) is 0 Å². The van der Waals surface area contributed by atoms with E-state index in [1.165, 1.54) is 0 Å². The smallest absolute Gasteiger partial charge is 0.280 e. The molecule has 1 aromatic heterocycles. The summed E-state index contributed by atoms with van der Waals surface area (Å²) in [7, 11) is 0. The summed E-state index contributed by atoms with van der Waals surface area (Å²) < 4.78 is 2.24. The highest BCUT2D eigenvalue weighted by molar-refractivity contribution is 7.08. The van der Waals surface area contributed by atoms with Gasteiger partial charge in [0.2, 0.25) is 5.06 Å². The van der Waals surface area contributed by atoms with E-state index in [0.29, 0.717) is 0 Å². The number of rotatable bonds is 0. The van der Waals surface area contributed by atoms with Crippen LogP contribution < -0.4 is 5.56 Å². The van der Waals surface area contributed by atoms with Gasteiger partial charge in [-0.25, -0.2) is 0 Å². The molecule has 0 unspecified atom stereocenters. The highest BCUT2D eigenvalue weighted by Crippen LogP contribution is 2.21. The number of hydrogen-bond acceptors (Lipinski definition) is 3. The van der Waals surface area contributed by atoms with Crippen molar-refractivity contribution in [3.8, 4) is 5.06 Å². The fourth-order valence-electron chi connectivity index (χ4n) is 0.281. The number of aromatic amines is 1. The van der Waals surface area contributed by atoms with Crippen molar-refractivity contribution >= 4 is 23.1 Å². The second kappa shape index (κ2) is 1.80. The summed E-state index contributed by atoms with van der Waals surface area (Å²) in [4.78, 5) is 10.3. The minimum Gasteiger partial charge on any atom is -0.497 e.